The summed E-state index contributed by atoms with van der Waals surface area (Å²) in [5.41, 5.74) is 0. The molecule has 0 bridgehead atoms. The van der Waals surface area contributed by atoms with E-state index in [1.54, 1.807) is 0 Å². The summed E-state index contributed by atoms with van der Waals surface area (Å²) in [4.78, 5) is 32.4. The van der Waals surface area contributed by atoms with Crippen molar-refractivity contribution >= 4 is 17.9 Å². The fourth-order valence-corrected chi connectivity index (χ4v) is 2.32. The minimum atomic E-state index is -1.28. The van der Waals surface area contributed by atoms with E-state index in [9.17, 15) is 14.4 Å². The Bertz CT molecular complexity index is 377. The number of ether oxygens (including phenoxy) is 1. The van der Waals surface area contributed by atoms with E-state index in [0.717, 1.165) is 51.0 Å². The Balaban J connectivity index is 3.49. The Kier molecular flexibility index (Phi) is 11.7. The number of hydrogen-bond donors (Lipinski definition) is 2. The van der Waals surface area contributed by atoms with Crippen LogP contribution in [-0.4, -0.2) is 34.2 Å². The predicted molar refractivity (Wildman–Crippen MR) is 86.1 cm³/mol. The number of carbonyl (C=O) groups excluding carboxylic acids is 1. The van der Waals surface area contributed by atoms with Crippen molar-refractivity contribution in [1.82, 2.24) is 0 Å². The molecule has 2 N–H and O–H groups in total. The number of unbranched alkanes of at least 4 members (excludes halogenated alkanes) is 6. The molecular formula is C17H28O6. The van der Waals surface area contributed by atoms with E-state index in [1.165, 1.54) is 0 Å². The van der Waals surface area contributed by atoms with Crippen molar-refractivity contribution in [3.8, 4) is 0 Å². The highest BCUT2D eigenvalue weighted by molar-refractivity contribution is 5.92. The molecule has 0 saturated heterocycles. The number of carbonyl (C=O) groups is 3. The summed E-state index contributed by atoms with van der Waals surface area (Å²) in [6, 6.07) is 0. The molecule has 0 fully saturated rings. The standard InChI is InChI=1S/C17H28O6/c1-3-15(18)23-13(2)11-9-7-5-4-6-8-10-12-14(16(19)20)17(21)22/h3,13-14H,1,4-12H2,2H3,(H,19,20)(H,21,22). The third kappa shape index (κ3) is 11.4. The zero-order chi connectivity index (χ0) is 17.7. The van der Waals surface area contributed by atoms with Crippen LogP contribution in [0.3, 0.4) is 0 Å². The fraction of sp³-hybridized carbons (Fsp3) is 0.706. The molecule has 132 valence electrons. The summed E-state index contributed by atoms with van der Waals surface area (Å²) in [5.74, 6) is -4.19. The second-order valence-electron chi connectivity index (χ2n) is 5.73. The summed E-state index contributed by atoms with van der Waals surface area (Å²) < 4.78 is 5.07. The van der Waals surface area contributed by atoms with Gasteiger partial charge >= 0.3 is 17.9 Å². The summed E-state index contributed by atoms with van der Waals surface area (Å²) in [7, 11) is 0. The fourth-order valence-electron chi connectivity index (χ4n) is 2.32. The minimum Gasteiger partial charge on any atom is -0.481 e. The van der Waals surface area contributed by atoms with Crippen molar-refractivity contribution in [2.24, 2.45) is 5.92 Å². The van der Waals surface area contributed by atoms with E-state index in [2.05, 4.69) is 6.58 Å². The largest absolute Gasteiger partial charge is 0.481 e. The Hall–Kier alpha value is -1.85. The van der Waals surface area contributed by atoms with Crippen LogP contribution in [0, 0.1) is 5.92 Å². The van der Waals surface area contributed by atoms with Crippen molar-refractivity contribution in [3.63, 3.8) is 0 Å². The zero-order valence-electron chi connectivity index (χ0n) is 13.8. The SMILES string of the molecule is C=CC(=O)OC(C)CCCCCCCCCC(C(=O)O)C(=O)O. The molecule has 0 radical (unpaired) electrons. The number of carboxylic acids is 2. The molecule has 0 saturated carbocycles. The minimum absolute atomic E-state index is 0.0931. The van der Waals surface area contributed by atoms with E-state index < -0.39 is 23.8 Å². The van der Waals surface area contributed by atoms with Gasteiger partial charge in [0.1, 0.15) is 0 Å². The average Bonchev–Trinajstić information content (AvgIpc) is 2.48. The van der Waals surface area contributed by atoms with Crippen LogP contribution in [0.2, 0.25) is 0 Å². The lowest BCUT2D eigenvalue weighted by molar-refractivity contribution is -0.155. The van der Waals surface area contributed by atoms with E-state index in [4.69, 9.17) is 14.9 Å². The normalized spacial score (nSPS) is 11.9. The Morgan fingerprint density at radius 2 is 1.35 bits per heavy atom. The molecule has 0 aliphatic heterocycles. The van der Waals surface area contributed by atoms with Gasteiger partial charge in [0.15, 0.2) is 5.92 Å². The molecule has 0 aromatic rings. The van der Waals surface area contributed by atoms with Gasteiger partial charge in [-0.05, 0) is 26.2 Å². The molecule has 0 heterocycles. The smallest absolute Gasteiger partial charge is 0.330 e. The van der Waals surface area contributed by atoms with E-state index in [0.29, 0.717) is 6.42 Å². The maximum absolute atomic E-state index is 11.0. The first-order valence-corrected chi connectivity index (χ1v) is 8.17. The molecule has 6 heteroatoms. The second kappa shape index (κ2) is 12.7. The first-order chi connectivity index (χ1) is 10.9. The molecule has 23 heavy (non-hydrogen) atoms. The van der Waals surface area contributed by atoms with Crippen molar-refractivity contribution in [1.29, 1.82) is 0 Å². The quantitative estimate of drug-likeness (QED) is 0.219. The van der Waals surface area contributed by atoms with Gasteiger partial charge in [-0.15, -0.1) is 0 Å². The lowest BCUT2D eigenvalue weighted by atomic mass is 10.00. The first-order valence-electron chi connectivity index (χ1n) is 8.17. The molecule has 0 aromatic carbocycles. The molecule has 1 unspecified atom stereocenters. The van der Waals surface area contributed by atoms with Gasteiger partial charge < -0.3 is 14.9 Å². The number of hydrogen-bond acceptors (Lipinski definition) is 4. The molecular weight excluding hydrogens is 300 g/mol. The molecule has 1 atom stereocenters. The molecule has 0 spiro atoms. The number of esters is 1. The highest BCUT2D eigenvalue weighted by Gasteiger charge is 2.24. The number of rotatable bonds is 14. The van der Waals surface area contributed by atoms with Gasteiger partial charge in [-0.1, -0.05) is 45.1 Å². The van der Waals surface area contributed by atoms with Crippen molar-refractivity contribution < 1.29 is 29.3 Å². The Labute approximate surface area is 137 Å². The van der Waals surface area contributed by atoms with Crippen LogP contribution < -0.4 is 0 Å². The highest BCUT2D eigenvalue weighted by atomic mass is 16.5. The van der Waals surface area contributed by atoms with Crippen LogP contribution in [-0.2, 0) is 19.1 Å². The third-order valence-corrected chi connectivity index (χ3v) is 3.68. The van der Waals surface area contributed by atoms with Gasteiger partial charge in [0.25, 0.3) is 0 Å². The summed E-state index contributed by atoms with van der Waals surface area (Å²) in [5, 5.41) is 17.5. The van der Waals surface area contributed by atoms with Gasteiger partial charge in [0, 0.05) is 6.08 Å². The average molecular weight is 328 g/mol. The Morgan fingerprint density at radius 3 is 1.78 bits per heavy atom. The summed E-state index contributed by atoms with van der Waals surface area (Å²) in [6.07, 6.45) is 8.72. The second-order valence-corrected chi connectivity index (χ2v) is 5.73. The van der Waals surface area contributed by atoms with Crippen molar-refractivity contribution in [2.75, 3.05) is 0 Å². The van der Waals surface area contributed by atoms with E-state index >= 15 is 0 Å². The lowest BCUT2D eigenvalue weighted by Gasteiger charge is -2.11. The van der Waals surface area contributed by atoms with Crippen LogP contribution in [0.25, 0.3) is 0 Å². The number of carboxylic acid groups (broad SMARTS) is 2. The van der Waals surface area contributed by atoms with E-state index in [1.807, 2.05) is 6.92 Å². The zero-order valence-corrected chi connectivity index (χ0v) is 13.8. The van der Waals surface area contributed by atoms with Crippen molar-refractivity contribution in [2.45, 2.75) is 70.8 Å². The van der Waals surface area contributed by atoms with Crippen LogP contribution in [0.4, 0.5) is 0 Å². The molecule has 0 amide bonds. The summed E-state index contributed by atoms with van der Waals surface area (Å²) >= 11 is 0. The molecule has 0 aliphatic rings. The van der Waals surface area contributed by atoms with Crippen LogP contribution in [0.15, 0.2) is 12.7 Å². The van der Waals surface area contributed by atoms with Gasteiger partial charge in [-0.25, -0.2) is 4.79 Å². The molecule has 0 rings (SSSR count). The lowest BCUT2D eigenvalue weighted by Crippen LogP contribution is -2.23. The predicted octanol–water partition coefficient (Wildman–Crippen LogP) is 3.40. The maximum Gasteiger partial charge on any atom is 0.330 e. The van der Waals surface area contributed by atoms with Crippen LogP contribution in [0.1, 0.15) is 64.7 Å². The van der Waals surface area contributed by atoms with Crippen molar-refractivity contribution in [3.05, 3.63) is 12.7 Å². The van der Waals surface area contributed by atoms with E-state index in [-0.39, 0.29) is 12.5 Å². The third-order valence-electron chi connectivity index (χ3n) is 3.68. The van der Waals surface area contributed by atoms with Gasteiger partial charge in [0.05, 0.1) is 6.10 Å². The molecule has 0 aromatic heterocycles. The number of aliphatic carboxylic acids is 2. The molecule has 6 nitrogen and oxygen atoms in total. The van der Waals surface area contributed by atoms with Crippen LogP contribution in [0.5, 0.6) is 0 Å². The highest BCUT2D eigenvalue weighted by Crippen LogP contribution is 2.14. The van der Waals surface area contributed by atoms with Gasteiger partial charge in [-0.3, -0.25) is 9.59 Å². The van der Waals surface area contributed by atoms with Gasteiger partial charge in [0.2, 0.25) is 0 Å². The first kappa shape index (κ1) is 21.1. The van der Waals surface area contributed by atoms with Gasteiger partial charge in [-0.2, -0.15) is 0 Å². The Morgan fingerprint density at radius 1 is 0.913 bits per heavy atom. The molecule has 0 aliphatic carbocycles. The topological polar surface area (TPSA) is 101 Å². The monoisotopic (exact) mass is 328 g/mol. The maximum atomic E-state index is 11.0. The summed E-state index contributed by atoms with van der Waals surface area (Å²) in [6.45, 7) is 5.21. The van der Waals surface area contributed by atoms with Crippen LogP contribution >= 0.6 is 0 Å².